The van der Waals surface area contributed by atoms with E-state index in [1.165, 1.54) is 31.0 Å². The van der Waals surface area contributed by atoms with Gasteiger partial charge < -0.3 is 0 Å². The lowest BCUT2D eigenvalue weighted by atomic mass is 9.82. The van der Waals surface area contributed by atoms with Crippen molar-refractivity contribution in [3.05, 3.63) is 0 Å². The van der Waals surface area contributed by atoms with Gasteiger partial charge in [0.15, 0.2) is 0 Å². The van der Waals surface area contributed by atoms with Gasteiger partial charge in [0.05, 0.1) is 0 Å². The van der Waals surface area contributed by atoms with Crippen molar-refractivity contribution in [3.8, 4) is 0 Å². The van der Waals surface area contributed by atoms with Crippen LogP contribution in [0.1, 0.15) is 32.6 Å². The summed E-state index contributed by atoms with van der Waals surface area (Å²) in [5.74, 6) is 1.94. The van der Waals surface area contributed by atoms with Crippen molar-refractivity contribution in [2.75, 3.05) is 5.33 Å². The smallest absolute Gasteiger partial charge is 0.00622 e. The Balaban J connectivity index is 2.30. The molecular formula is C8H15Br. The minimum Gasteiger partial charge on any atom is -0.0925 e. The molecule has 1 rings (SSSR count). The van der Waals surface area contributed by atoms with Gasteiger partial charge in [0.25, 0.3) is 0 Å². The maximum atomic E-state index is 3.55. The van der Waals surface area contributed by atoms with E-state index in [2.05, 4.69) is 22.9 Å². The minimum absolute atomic E-state index is 0.970. The molecule has 0 unspecified atom stereocenters. The highest BCUT2D eigenvalue weighted by molar-refractivity contribution is 9.09. The summed E-state index contributed by atoms with van der Waals surface area (Å²) in [6.07, 6.45) is 5.83. The lowest BCUT2D eigenvalue weighted by Gasteiger charge is -2.26. The number of halogens is 1. The Hall–Kier alpha value is 0.480. The van der Waals surface area contributed by atoms with Gasteiger partial charge in [-0.05, 0) is 18.3 Å². The third kappa shape index (κ3) is 1.96. The first-order chi connectivity index (χ1) is 4.34. The molecule has 0 spiro atoms. The summed E-state index contributed by atoms with van der Waals surface area (Å²) in [4.78, 5) is 0. The molecule has 0 saturated heterocycles. The normalized spacial score (nSPS) is 36.7. The van der Waals surface area contributed by atoms with Gasteiger partial charge in [-0.2, -0.15) is 0 Å². The fraction of sp³-hybridized carbons (Fsp3) is 1.00. The second kappa shape index (κ2) is 3.60. The Kier molecular flexibility index (Phi) is 3.03. The van der Waals surface area contributed by atoms with Crippen LogP contribution in [0.4, 0.5) is 0 Å². The maximum absolute atomic E-state index is 3.55. The van der Waals surface area contributed by atoms with Crippen LogP contribution < -0.4 is 0 Å². The second-order valence-corrected chi connectivity index (χ2v) is 3.82. The quantitative estimate of drug-likeness (QED) is 0.558. The SMILES string of the molecule is C[C@@H]1CCCC[C@H]1CBr. The Labute approximate surface area is 66.2 Å². The largest absolute Gasteiger partial charge is 0.0925 e. The molecule has 0 N–H and O–H groups in total. The first-order valence-electron chi connectivity index (χ1n) is 3.90. The molecule has 0 heterocycles. The fourth-order valence-corrected chi connectivity index (χ4v) is 2.58. The molecule has 0 bridgehead atoms. The topological polar surface area (TPSA) is 0 Å². The summed E-state index contributed by atoms with van der Waals surface area (Å²) in [5.41, 5.74) is 0. The van der Waals surface area contributed by atoms with Crippen LogP contribution in [-0.4, -0.2) is 5.33 Å². The predicted octanol–water partition coefficient (Wildman–Crippen LogP) is 3.21. The molecule has 0 aromatic heterocycles. The zero-order chi connectivity index (χ0) is 6.69. The van der Waals surface area contributed by atoms with Crippen LogP contribution in [-0.2, 0) is 0 Å². The van der Waals surface area contributed by atoms with Crippen LogP contribution >= 0.6 is 15.9 Å². The number of rotatable bonds is 1. The second-order valence-electron chi connectivity index (χ2n) is 3.18. The Morgan fingerprint density at radius 1 is 1.33 bits per heavy atom. The molecule has 0 radical (unpaired) electrons. The molecule has 0 nitrogen and oxygen atoms in total. The fourth-order valence-electron chi connectivity index (χ4n) is 1.62. The molecule has 1 saturated carbocycles. The van der Waals surface area contributed by atoms with Crippen molar-refractivity contribution >= 4 is 15.9 Å². The lowest BCUT2D eigenvalue weighted by molar-refractivity contribution is 0.283. The maximum Gasteiger partial charge on any atom is 0.00622 e. The van der Waals surface area contributed by atoms with Gasteiger partial charge in [0.1, 0.15) is 0 Å². The van der Waals surface area contributed by atoms with Crippen molar-refractivity contribution in [2.45, 2.75) is 32.6 Å². The van der Waals surface area contributed by atoms with Crippen molar-refractivity contribution < 1.29 is 0 Å². The van der Waals surface area contributed by atoms with Crippen molar-refractivity contribution in [1.29, 1.82) is 0 Å². The van der Waals surface area contributed by atoms with E-state index >= 15 is 0 Å². The van der Waals surface area contributed by atoms with E-state index < -0.39 is 0 Å². The molecule has 1 heteroatoms. The molecule has 2 atom stereocenters. The van der Waals surface area contributed by atoms with Crippen molar-refractivity contribution in [1.82, 2.24) is 0 Å². The number of hydrogen-bond acceptors (Lipinski definition) is 0. The van der Waals surface area contributed by atoms with E-state index in [1.54, 1.807) is 0 Å². The highest BCUT2D eigenvalue weighted by Gasteiger charge is 2.19. The number of alkyl halides is 1. The van der Waals surface area contributed by atoms with Gasteiger partial charge in [-0.15, -0.1) is 0 Å². The average Bonchev–Trinajstić information content (AvgIpc) is 1.89. The summed E-state index contributed by atoms with van der Waals surface area (Å²) in [6.45, 7) is 2.38. The lowest BCUT2D eigenvalue weighted by Crippen LogP contribution is -2.17. The van der Waals surface area contributed by atoms with E-state index in [1.807, 2.05) is 0 Å². The average molecular weight is 191 g/mol. The van der Waals surface area contributed by atoms with E-state index in [4.69, 9.17) is 0 Å². The molecule has 9 heavy (non-hydrogen) atoms. The molecule has 1 fully saturated rings. The summed E-state index contributed by atoms with van der Waals surface area (Å²) in [5, 5.41) is 1.22. The van der Waals surface area contributed by atoms with Crippen LogP contribution in [0.25, 0.3) is 0 Å². The zero-order valence-corrected chi connectivity index (χ0v) is 7.65. The van der Waals surface area contributed by atoms with E-state index in [-0.39, 0.29) is 0 Å². The van der Waals surface area contributed by atoms with Gasteiger partial charge in [0.2, 0.25) is 0 Å². The van der Waals surface area contributed by atoms with Gasteiger partial charge in [-0.25, -0.2) is 0 Å². The minimum atomic E-state index is 0.970. The third-order valence-electron chi connectivity index (χ3n) is 2.49. The molecule has 0 aromatic carbocycles. The van der Waals surface area contributed by atoms with Crippen LogP contribution in [0, 0.1) is 11.8 Å². The monoisotopic (exact) mass is 190 g/mol. The van der Waals surface area contributed by atoms with Crippen LogP contribution in [0.3, 0.4) is 0 Å². The van der Waals surface area contributed by atoms with Crippen molar-refractivity contribution in [3.63, 3.8) is 0 Å². The summed E-state index contributed by atoms with van der Waals surface area (Å²) in [6, 6.07) is 0. The van der Waals surface area contributed by atoms with E-state index in [9.17, 15) is 0 Å². The van der Waals surface area contributed by atoms with Crippen LogP contribution in [0.5, 0.6) is 0 Å². The van der Waals surface area contributed by atoms with E-state index in [0.717, 1.165) is 11.8 Å². The molecule has 0 aromatic rings. The Bertz CT molecular complexity index is 80.6. The third-order valence-corrected chi connectivity index (χ3v) is 3.32. The Morgan fingerprint density at radius 3 is 2.44 bits per heavy atom. The first-order valence-corrected chi connectivity index (χ1v) is 5.02. The predicted molar refractivity (Wildman–Crippen MR) is 44.9 cm³/mol. The highest BCUT2D eigenvalue weighted by Crippen LogP contribution is 2.30. The van der Waals surface area contributed by atoms with Gasteiger partial charge in [-0.3, -0.25) is 0 Å². The summed E-state index contributed by atoms with van der Waals surface area (Å²) >= 11 is 3.55. The van der Waals surface area contributed by atoms with E-state index in [0.29, 0.717) is 0 Å². The van der Waals surface area contributed by atoms with Crippen molar-refractivity contribution in [2.24, 2.45) is 11.8 Å². The summed E-state index contributed by atoms with van der Waals surface area (Å²) in [7, 11) is 0. The standard InChI is InChI=1S/C8H15Br/c1-7-4-2-3-5-8(7)6-9/h7-8H,2-6H2,1H3/t7-,8+/m1/s1. The summed E-state index contributed by atoms with van der Waals surface area (Å²) < 4.78 is 0. The van der Waals surface area contributed by atoms with Gasteiger partial charge in [-0.1, -0.05) is 42.1 Å². The molecule has 0 amide bonds. The zero-order valence-electron chi connectivity index (χ0n) is 6.07. The molecule has 1 aliphatic carbocycles. The van der Waals surface area contributed by atoms with Crippen LogP contribution in [0.2, 0.25) is 0 Å². The Morgan fingerprint density at radius 2 is 2.00 bits per heavy atom. The molecule has 0 aliphatic heterocycles. The molecule has 54 valence electrons. The molecular weight excluding hydrogens is 176 g/mol. The van der Waals surface area contributed by atoms with Gasteiger partial charge in [0, 0.05) is 5.33 Å². The molecule has 1 aliphatic rings. The number of hydrogen-bond donors (Lipinski definition) is 0. The van der Waals surface area contributed by atoms with Crippen LogP contribution in [0.15, 0.2) is 0 Å². The van der Waals surface area contributed by atoms with Gasteiger partial charge >= 0.3 is 0 Å². The highest BCUT2D eigenvalue weighted by atomic mass is 79.9. The first kappa shape index (κ1) is 7.59.